The topological polar surface area (TPSA) is 161 Å². The van der Waals surface area contributed by atoms with Gasteiger partial charge in [0.1, 0.15) is 18.7 Å². The van der Waals surface area contributed by atoms with Crippen LogP contribution < -0.4 is 21.3 Å². The lowest BCUT2D eigenvalue weighted by Crippen LogP contribution is -2.59. The van der Waals surface area contributed by atoms with Gasteiger partial charge in [-0.05, 0) is 65.4 Å². The van der Waals surface area contributed by atoms with Gasteiger partial charge in [-0.1, -0.05) is 68.5 Å². The highest BCUT2D eigenvalue weighted by Crippen LogP contribution is 2.28. The van der Waals surface area contributed by atoms with Crippen molar-refractivity contribution in [3.05, 3.63) is 48.0 Å². The van der Waals surface area contributed by atoms with Crippen molar-refractivity contribution in [2.45, 2.75) is 122 Å². The summed E-state index contributed by atoms with van der Waals surface area (Å²) in [6, 6.07) is 6.41. The molecule has 1 saturated carbocycles. The maximum atomic E-state index is 14.0. The van der Waals surface area contributed by atoms with Gasteiger partial charge in [0.05, 0.1) is 18.3 Å². The highest BCUT2D eigenvalue weighted by atomic mass is 16.6. The van der Waals surface area contributed by atoms with E-state index in [1.807, 2.05) is 51.1 Å². The Morgan fingerprint density at radius 3 is 2.27 bits per heavy atom. The summed E-state index contributed by atoms with van der Waals surface area (Å²) in [6.45, 7) is 9.69. The van der Waals surface area contributed by atoms with Gasteiger partial charge in [-0.2, -0.15) is 0 Å². The lowest BCUT2D eigenvalue weighted by Gasteiger charge is -2.32. The fraction of sp³-hybridized carbons (Fsp3) is 0.639. The number of alkyl carbamates (subject to hydrolysis) is 1. The van der Waals surface area contributed by atoms with Gasteiger partial charge in [0.2, 0.25) is 17.7 Å². The van der Waals surface area contributed by atoms with Gasteiger partial charge < -0.3 is 35.5 Å². The van der Waals surface area contributed by atoms with Crippen LogP contribution in [0.3, 0.4) is 0 Å². The molecule has 1 heterocycles. The van der Waals surface area contributed by atoms with Crippen LogP contribution in [0.2, 0.25) is 0 Å². The summed E-state index contributed by atoms with van der Waals surface area (Å²) in [7, 11) is 0. The van der Waals surface area contributed by atoms with Crippen LogP contribution in [0.1, 0.15) is 91.5 Å². The van der Waals surface area contributed by atoms with E-state index in [0.717, 1.165) is 37.7 Å². The second kappa shape index (κ2) is 19.2. The summed E-state index contributed by atoms with van der Waals surface area (Å²) in [5.41, 5.74) is 0.163. The van der Waals surface area contributed by atoms with Gasteiger partial charge in [-0.25, -0.2) is 9.59 Å². The van der Waals surface area contributed by atoms with Crippen molar-refractivity contribution in [2.24, 2.45) is 11.8 Å². The fourth-order valence-corrected chi connectivity index (χ4v) is 6.19. The molecule has 0 bridgehead atoms. The molecule has 5 atom stereocenters. The molecule has 12 heteroatoms. The number of hydrogen-bond donors (Lipinski definition) is 4. The Hall–Kier alpha value is -3.93. The van der Waals surface area contributed by atoms with E-state index in [0.29, 0.717) is 19.4 Å². The van der Waals surface area contributed by atoms with E-state index in [1.54, 1.807) is 13.8 Å². The highest BCUT2D eigenvalue weighted by Gasteiger charge is 2.35. The molecule has 4 N–H and O–H groups in total. The highest BCUT2D eigenvalue weighted by molar-refractivity contribution is 5.92. The molecular weight excluding hydrogens is 616 g/mol. The fourth-order valence-electron chi connectivity index (χ4n) is 6.19. The number of rotatable bonds is 16. The second-order valence-electron chi connectivity index (χ2n) is 13.7. The first-order valence-electron chi connectivity index (χ1n) is 17.2. The molecule has 1 saturated heterocycles. The minimum absolute atomic E-state index is 0.0158. The summed E-state index contributed by atoms with van der Waals surface area (Å²) < 4.78 is 16.5. The standard InChI is InChI=1S/C36H54N4O8/c1-6-46-30(41)18-17-28(22-27-19-20-37-32(27)42)38-33(43)29(21-25-13-9-7-10-14-25)39-34(44)31(24(2)48-36(3,4)5)40-35(45)47-23-26-15-11-8-12-16-26/h8,11-12,15-18,24-25,27-29,31H,6-7,9-10,13-14,19-23H2,1-5H3,(H,37,42)(H,38,43)(H,39,44)(H,40,45)/b18-17+/t24?,27-,28+,29-,31-/m0/s1. The van der Waals surface area contributed by atoms with E-state index in [-0.39, 0.29) is 37.4 Å². The van der Waals surface area contributed by atoms with Crippen molar-refractivity contribution in [3.8, 4) is 0 Å². The van der Waals surface area contributed by atoms with Crippen LogP contribution in [0.5, 0.6) is 0 Å². The minimum Gasteiger partial charge on any atom is -0.463 e. The number of hydrogen-bond acceptors (Lipinski definition) is 8. The predicted octanol–water partition coefficient (Wildman–Crippen LogP) is 4.07. The van der Waals surface area contributed by atoms with E-state index in [1.165, 1.54) is 12.2 Å². The number of benzene rings is 1. The summed E-state index contributed by atoms with van der Waals surface area (Å²) in [5, 5.41) is 11.3. The Bertz CT molecular complexity index is 1240. The van der Waals surface area contributed by atoms with Gasteiger partial charge in [0.15, 0.2) is 0 Å². The van der Waals surface area contributed by atoms with Crippen molar-refractivity contribution in [1.29, 1.82) is 0 Å². The molecule has 48 heavy (non-hydrogen) atoms. The monoisotopic (exact) mass is 670 g/mol. The van der Waals surface area contributed by atoms with E-state index in [4.69, 9.17) is 14.2 Å². The van der Waals surface area contributed by atoms with Crippen LogP contribution >= 0.6 is 0 Å². The van der Waals surface area contributed by atoms with Crippen LogP contribution in [0.4, 0.5) is 4.79 Å². The van der Waals surface area contributed by atoms with Crippen molar-refractivity contribution in [3.63, 3.8) is 0 Å². The second-order valence-corrected chi connectivity index (χ2v) is 13.7. The van der Waals surface area contributed by atoms with Crippen molar-refractivity contribution in [2.75, 3.05) is 13.2 Å². The first-order valence-corrected chi connectivity index (χ1v) is 17.2. The third-order valence-electron chi connectivity index (χ3n) is 8.48. The molecule has 0 radical (unpaired) electrons. The van der Waals surface area contributed by atoms with Crippen molar-refractivity contribution < 1.29 is 38.2 Å². The zero-order valence-corrected chi connectivity index (χ0v) is 29.0. The molecule has 1 aliphatic heterocycles. The number of nitrogens with one attached hydrogen (secondary N) is 4. The Balaban J connectivity index is 1.81. The Labute approximate surface area is 284 Å². The van der Waals surface area contributed by atoms with E-state index >= 15 is 0 Å². The van der Waals surface area contributed by atoms with E-state index in [2.05, 4.69) is 21.3 Å². The molecule has 3 rings (SSSR count). The maximum Gasteiger partial charge on any atom is 0.408 e. The van der Waals surface area contributed by atoms with Gasteiger partial charge in [-0.3, -0.25) is 14.4 Å². The number of esters is 1. The van der Waals surface area contributed by atoms with Gasteiger partial charge in [0, 0.05) is 24.6 Å². The Morgan fingerprint density at radius 2 is 1.65 bits per heavy atom. The number of ether oxygens (including phenoxy) is 3. The SMILES string of the molecule is CCOC(=O)/C=C/[C@H](C[C@@H]1CCNC1=O)NC(=O)[C@H](CC1CCCCC1)NC(=O)[C@@H](NC(=O)OCc1ccccc1)C(C)OC(C)(C)C. The molecule has 4 amide bonds. The van der Waals surface area contributed by atoms with Gasteiger partial charge in [0.25, 0.3) is 0 Å². The summed E-state index contributed by atoms with van der Waals surface area (Å²) in [6.07, 6.45) is 7.60. The minimum atomic E-state index is -1.17. The lowest BCUT2D eigenvalue weighted by molar-refractivity contribution is -0.137. The lowest BCUT2D eigenvalue weighted by atomic mass is 9.84. The molecule has 1 aromatic rings. The molecule has 1 aromatic carbocycles. The number of carbonyl (C=O) groups is 5. The average molecular weight is 671 g/mol. The smallest absolute Gasteiger partial charge is 0.408 e. The zero-order chi connectivity index (χ0) is 35.1. The first-order chi connectivity index (χ1) is 22.8. The van der Waals surface area contributed by atoms with Gasteiger partial charge in [-0.15, -0.1) is 0 Å². The third kappa shape index (κ3) is 13.7. The molecule has 1 unspecified atom stereocenters. The number of amides is 4. The van der Waals surface area contributed by atoms with E-state index in [9.17, 15) is 24.0 Å². The molecule has 2 fully saturated rings. The zero-order valence-electron chi connectivity index (χ0n) is 29.0. The Kier molecular flexibility index (Phi) is 15.4. The molecule has 1 aliphatic carbocycles. The molecule has 0 aromatic heterocycles. The normalized spacial score (nSPS) is 19.4. The molecule has 2 aliphatic rings. The van der Waals surface area contributed by atoms with Crippen LogP contribution in [0.25, 0.3) is 0 Å². The van der Waals surface area contributed by atoms with Crippen molar-refractivity contribution >= 4 is 29.8 Å². The summed E-state index contributed by atoms with van der Waals surface area (Å²) >= 11 is 0. The van der Waals surface area contributed by atoms with Gasteiger partial charge >= 0.3 is 12.1 Å². The molecule has 266 valence electrons. The third-order valence-corrected chi connectivity index (χ3v) is 8.48. The quantitative estimate of drug-likeness (QED) is 0.151. The van der Waals surface area contributed by atoms with E-state index < -0.39 is 53.7 Å². The summed E-state index contributed by atoms with van der Waals surface area (Å²) in [4.78, 5) is 65.3. The van der Waals surface area contributed by atoms with Crippen LogP contribution in [0.15, 0.2) is 42.5 Å². The Morgan fingerprint density at radius 1 is 0.938 bits per heavy atom. The largest absolute Gasteiger partial charge is 0.463 e. The van der Waals surface area contributed by atoms with Crippen LogP contribution in [-0.2, 0) is 40.0 Å². The molecule has 12 nitrogen and oxygen atoms in total. The predicted molar refractivity (Wildman–Crippen MR) is 180 cm³/mol. The number of carbonyl (C=O) groups excluding carboxylic acids is 5. The first kappa shape index (κ1) is 38.5. The van der Waals surface area contributed by atoms with Crippen molar-refractivity contribution in [1.82, 2.24) is 21.3 Å². The average Bonchev–Trinajstić information content (AvgIpc) is 3.45. The van der Waals surface area contributed by atoms with Crippen LogP contribution in [0, 0.1) is 11.8 Å². The molecular formula is C36H54N4O8. The van der Waals surface area contributed by atoms with Crippen LogP contribution in [-0.4, -0.2) is 72.8 Å². The summed E-state index contributed by atoms with van der Waals surface area (Å²) in [5.74, 6) is -1.81. The molecule has 0 spiro atoms. The maximum absolute atomic E-state index is 14.0.